The Morgan fingerprint density at radius 3 is 2.67 bits per heavy atom. The van der Waals surface area contributed by atoms with Crippen LogP contribution in [0.4, 0.5) is 8.78 Å². The van der Waals surface area contributed by atoms with Crippen LogP contribution in [0.15, 0.2) is 9.59 Å². The Morgan fingerprint density at radius 2 is 2.11 bits per heavy atom. The van der Waals surface area contributed by atoms with Crippen molar-refractivity contribution in [2.45, 2.75) is 26.3 Å². The van der Waals surface area contributed by atoms with Crippen LogP contribution in [0.1, 0.15) is 12.5 Å². The normalized spacial score (nSPS) is 11.1. The number of aromatic nitrogens is 2. The number of rotatable bonds is 6. The zero-order valence-electron chi connectivity index (χ0n) is 9.78. The fourth-order valence-electron chi connectivity index (χ4n) is 1.46. The summed E-state index contributed by atoms with van der Waals surface area (Å²) >= 11 is 0. The fraction of sp³-hybridized carbons (Fsp3) is 0.600. The molecule has 1 aromatic heterocycles. The van der Waals surface area contributed by atoms with Crippen molar-refractivity contribution in [3.63, 3.8) is 0 Å². The molecule has 0 aromatic carbocycles. The van der Waals surface area contributed by atoms with E-state index < -0.39 is 30.2 Å². The maximum absolute atomic E-state index is 11.8. The third-order valence-corrected chi connectivity index (χ3v) is 2.32. The van der Waals surface area contributed by atoms with E-state index in [1.165, 1.54) is 0 Å². The first-order chi connectivity index (χ1) is 8.47. The summed E-state index contributed by atoms with van der Waals surface area (Å²) in [5.41, 5.74) is -1.37. The number of halogens is 2. The number of nitrogens with one attached hydrogen (secondary N) is 1. The van der Waals surface area contributed by atoms with E-state index in [1.54, 1.807) is 6.92 Å². The van der Waals surface area contributed by atoms with Gasteiger partial charge in [0.05, 0.1) is 18.7 Å². The van der Waals surface area contributed by atoms with Crippen molar-refractivity contribution >= 4 is 0 Å². The maximum Gasteiger partial charge on any atom is 0.331 e. The second-order valence-corrected chi connectivity index (χ2v) is 3.53. The van der Waals surface area contributed by atoms with E-state index in [4.69, 9.17) is 0 Å². The van der Waals surface area contributed by atoms with Crippen molar-refractivity contribution in [3.8, 4) is 5.88 Å². The molecule has 6 nitrogen and oxygen atoms in total. The second kappa shape index (κ2) is 6.29. The molecule has 0 bridgehead atoms. The van der Waals surface area contributed by atoms with Crippen molar-refractivity contribution < 1.29 is 18.6 Å². The summed E-state index contributed by atoms with van der Waals surface area (Å²) in [5.74, 6) is -0.452. The van der Waals surface area contributed by atoms with Crippen molar-refractivity contribution in [1.82, 2.24) is 9.55 Å². The maximum atomic E-state index is 11.8. The molecule has 1 heterocycles. The minimum atomic E-state index is -2.59. The molecular weight excluding hydrogens is 250 g/mol. The van der Waals surface area contributed by atoms with Gasteiger partial charge in [-0.2, -0.15) is 0 Å². The summed E-state index contributed by atoms with van der Waals surface area (Å²) in [6.45, 7) is 0.639. The van der Waals surface area contributed by atoms with Gasteiger partial charge in [-0.05, 0) is 6.42 Å². The van der Waals surface area contributed by atoms with Crippen LogP contribution in [0.5, 0.6) is 5.88 Å². The molecule has 0 saturated carbocycles. The van der Waals surface area contributed by atoms with Crippen LogP contribution in [0.3, 0.4) is 0 Å². The molecule has 0 unspecified atom stereocenters. The summed E-state index contributed by atoms with van der Waals surface area (Å²) in [6.07, 6.45) is -2.34. The molecule has 1 aromatic rings. The molecule has 0 atom stereocenters. The number of hydrogen-bond donors (Lipinski definition) is 2. The van der Waals surface area contributed by atoms with E-state index in [1.807, 2.05) is 4.98 Å². The zero-order valence-corrected chi connectivity index (χ0v) is 9.78. The summed E-state index contributed by atoms with van der Waals surface area (Å²) in [4.78, 5) is 24.7. The lowest BCUT2D eigenvalue weighted by Gasteiger charge is -2.10. The molecule has 0 radical (unpaired) electrons. The molecule has 0 aliphatic rings. The minimum Gasteiger partial charge on any atom is -0.494 e. The molecule has 0 aliphatic heterocycles. The lowest BCUT2D eigenvalue weighted by Crippen LogP contribution is -2.33. The van der Waals surface area contributed by atoms with Gasteiger partial charge in [-0.25, -0.2) is 13.6 Å². The summed E-state index contributed by atoms with van der Waals surface area (Å²) in [6, 6.07) is 0. The highest BCUT2D eigenvalue weighted by atomic mass is 19.3. The monoisotopic (exact) mass is 264 g/mol. The molecule has 0 fully saturated rings. The van der Waals surface area contributed by atoms with Gasteiger partial charge in [0.1, 0.15) is 6.61 Å². The highest BCUT2D eigenvalue weighted by molar-refractivity contribution is 5.22. The van der Waals surface area contributed by atoms with Crippen molar-refractivity contribution in [3.05, 3.63) is 26.4 Å². The molecule has 1 rings (SSSR count). The molecule has 0 spiro atoms. The number of aromatic hydroxyl groups is 1. The third-order valence-electron chi connectivity index (χ3n) is 2.32. The molecular formula is C10H14F2N2O4. The Balaban J connectivity index is 2.83. The number of aromatic amines is 1. The van der Waals surface area contributed by atoms with Crippen molar-refractivity contribution in [2.75, 3.05) is 13.2 Å². The summed E-state index contributed by atoms with van der Waals surface area (Å²) in [5, 5.41) is 9.70. The topological polar surface area (TPSA) is 84.3 Å². The van der Waals surface area contributed by atoms with E-state index in [0.29, 0.717) is 0 Å². The summed E-state index contributed by atoms with van der Waals surface area (Å²) in [7, 11) is 0. The minimum absolute atomic E-state index is 0.0726. The van der Waals surface area contributed by atoms with Crippen LogP contribution in [0, 0.1) is 0 Å². The highest BCUT2D eigenvalue weighted by Crippen LogP contribution is 2.09. The second-order valence-electron chi connectivity index (χ2n) is 3.53. The van der Waals surface area contributed by atoms with Crippen LogP contribution in [0.25, 0.3) is 0 Å². The number of alkyl halides is 2. The predicted molar refractivity (Wildman–Crippen MR) is 59.2 cm³/mol. The Bertz CT molecular complexity index is 510. The van der Waals surface area contributed by atoms with Gasteiger partial charge < -0.3 is 9.84 Å². The molecule has 0 saturated heterocycles. The van der Waals surface area contributed by atoms with Gasteiger partial charge >= 0.3 is 5.69 Å². The van der Waals surface area contributed by atoms with Gasteiger partial charge in [-0.1, -0.05) is 6.92 Å². The zero-order chi connectivity index (χ0) is 13.7. The number of hydrogen-bond acceptors (Lipinski definition) is 4. The Morgan fingerprint density at radius 1 is 1.44 bits per heavy atom. The van der Waals surface area contributed by atoms with Crippen LogP contribution in [-0.2, 0) is 17.7 Å². The molecule has 0 amide bonds. The Kier molecular flexibility index (Phi) is 5.02. The molecule has 18 heavy (non-hydrogen) atoms. The van der Waals surface area contributed by atoms with Crippen molar-refractivity contribution in [1.29, 1.82) is 0 Å². The molecule has 2 N–H and O–H groups in total. The lowest BCUT2D eigenvalue weighted by molar-refractivity contribution is 0.0140. The number of ether oxygens (including phenoxy) is 1. The van der Waals surface area contributed by atoms with Crippen molar-refractivity contribution in [2.24, 2.45) is 0 Å². The quantitative estimate of drug-likeness (QED) is 0.713. The Labute approximate surface area is 101 Å². The van der Waals surface area contributed by atoms with Crippen LogP contribution >= 0.6 is 0 Å². The average molecular weight is 264 g/mol. The van der Waals surface area contributed by atoms with Gasteiger partial charge in [0.15, 0.2) is 0 Å². The van der Waals surface area contributed by atoms with E-state index in [0.717, 1.165) is 4.57 Å². The molecule has 102 valence electrons. The first kappa shape index (κ1) is 14.4. The lowest BCUT2D eigenvalue weighted by atomic mass is 10.2. The smallest absolute Gasteiger partial charge is 0.331 e. The van der Waals surface area contributed by atoms with Crippen LogP contribution in [-0.4, -0.2) is 34.3 Å². The SMILES string of the molecule is CCc1c(O)n(CCOCC(F)F)c(=O)[nH]c1=O. The van der Waals surface area contributed by atoms with Gasteiger partial charge in [0, 0.05) is 0 Å². The van der Waals surface area contributed by atoms with Gasteiger partial charge in [-0.3, -0.25) is 14.3 Å². The standard InChI is InChI=1S/C10H14F2N2O4/c1-2-6-8(15)13-10(17)14(9(6)16)3-4-18-5-7(11)12/h7,16H,2-5H2,1H3,(H,13,15,17). The van der Waals surface area contributed by atoms with E-state index >= 15 is 0 Å². The van der Waals surface area contributed by atoms with E-state index in [9.17, 15) is 23.5 Å². The van der Waals surface area contributed by atoms with Gasteiger partial charge in [0.25, 0.3) is 12.0 Å². The average Bonchev–Trinajstić information content (AvgIpc) is 2.27. The largest absolute Gasteiger partial charge is 0.494 e. The first-order valence-electron chi connectivity index (χ1n) is 5.38. The van der Waals surface area contributed by atoms with Crippen LogP contribution in [0.2, 0.25) is 0 Å². The number of H-pyrrole nitrogens is 1. The third kappa shape index (κ3) is 3.39. The summed E-state index contributed by atoms with van der Waals surface area (Å²) < 4.78 is 29.1. The fourth-order valence-corrected chi connectivity index (χ4v) is 1.46. The van der Waals surface area contributed by atoms with Gasteiger partial charge in [-0.15, -0.1) is 0 Å². The van der Waals surface area contributed by atoms with Gasteiger partial charge in [0.2, 0.25) is 5.88 Å². The number of nitrogens with zero attached hydrogens (tertiary/aromatic N) is 1. The van der Waals surface area contributed by atoms with Crippen LogP contribution < -0.4 is 11.2 Å². The highest BCUT2D eigenvalue weighted by Gasteiger charge is 2.12. The predicted octanol–water partition coefficient (Wildman–Crippen LogP) is 0.0863. The first-order valence-corrected chi connectivity index (χ1v) is 5.38. The molecule has 8 heteroatoms. The Hall–Kier alpha value is -1.70. The molecule has 0 aliphatic carbocycles. The van der Waals surface area contributed by atoms with E-state index in [2.05, 4.69) is 4.74 Å². The van der Waals surface area contributed by atoms with E-state index in [-0.39, 0.29) is 25.1 Å².